The van der Waals surface area contributed by atoms with Crippen molar-refractivity contribution in [3.8, 4) is 0 Å². The number of amides is 1. The highest BCUT2D eigenvalue weighted by Gasteiger charge is 2.07. The summed E-state index contributed by atoms with van der Waals surface area (Å²) in [6.45, 7) is 1.53. The summed E-state index contributed by atoms with van der Waals surface area (Å²) in [5.74, 6) is 0.0305. The third-order valence-corrected chi connectivity index (χ3v) is 2.63. The van der Waals surface area contributed by atoms with Crippen LogP contribution >= 0.6 is 0 Å². The highest BCUT2D eigenvalue weighted by atomic mass is 16.1. The zero-order valence-electron chi connectivity index (χ0n) is 10.4. The molecule has 0 saturated heterocycles. The van der Waals surface area contributed by atoms with Crippen molar-refractivity contribution in [1.29, 1.82) is 0 Å². The minimum atomic E-state index is -0.556. The zero-order chi connectivity index (χ0) is 13.7. The molecule has 0 fully saturated rings. The summed E-state index contributed by atoms with van der Waals surface area (Å²) < 4.78 is 1.85. The quantitative estimate of drug-likeness (QED) is 0.653. The summed E-state index contributed by atoms with van der Waals surface area (Å²) in [5, 5.41) is 7.22. The molecule has 0 aliphatic rings. The Morgan fingerprint density at radius 2 is 2.32 bits per heavy atom. The van der Waals surface area contributed by atoms with Gasteiger partial charge in [0.25, 0.3) is 5.91 Å². The number of primary amides is 1. The number of carbonyl (C=O) groups excluding carboxylic acids is 1. The van der Waals surface area contributed by atoms with Gasteiger partial charge in [0, 0.05) is 25.5 Å². The van der Waals surface area contributed by atoms with Crippen molar-refractivity contribution in [2.45, 2.75) is 13.0 Å². The summed E-state index contributed by atoms with van der Waals surface area (Å²) in [6.07, 6.45) is 5.97. The Kier molecular flexibility index (Phi) is 3.97. The van der Waals surface area contributed by atoms with E-state index in [1.165, 1.54) is 6.20 Å². The third-order valence-electron chi connectivity index (χ3n) is 2.63. The van der Waals surface area contributed by atoms with Gasteiger partial charge in [0.15, 0.2) is 0 Å². The summed E-state index contributed by atoms with van der Waals surface area (Å²) in [5.41, 5.74) is 11.4. The molecule has 5 N–H and O–H groups in total. The lowest BCUT2D eigenvalue weighted by molar-refractivity contribution is 0.100. The molecule has 2 aromatic rings. The molecule has 0 radical (unpaired) electrons. The molecule has 0 atom stereocenters. The standard InChI is InChI=1S/C12H16N6O/c13-10-8-16-11(7-9(10)12(14)19)15-3-1-5-18-6-2-4-17-18/h2,4,6-8H,1,3,5,13H2,(H2,14,19)(H,15,16). The monoisotopic (exact) mass is 260 g/mol. The number of nitrogens with two attached hydrogens (primary N) is 2. The van der Waals surface area contributed by atoms with E-state index in [-0.39, 0.29) is 11.3 Å². The number of hydrogen-bond acceptors (Lipinski definition) is 5. The van der Waals surface area contributed by atoms with Gasteiger partial charge in [-0.3, -0.25) is 9.48 Å². The number of nitrogens with one attached hydrogen (secondary N) is 1. The maximum absolute atomic E-state index is 11.1. The maximum Gasteiger partial charge on any atom is 0.250 e. The Hall–Kier alpha value is -2.57. The first-order chi connectivity index (χ1) is 9.16. The molecule has 2 rings (SSSR count). The number of carbonyl (C=O) groups is 1. The number of hydrogen-bond donors (Lipinski definition) is 3. The van der Waals surface area contributed by atoms with Crippen molar-refractivity contribution in [2.75, 3.05) is 17.6 Å². The van der Waals surface area contributed by atoms with Gasteiger partial charge in [-0.1, -0.05) is 0 Å². The first-order valence-corrected chi connectivity index (χ1v) is 5.93. The maximum atomic E-state index is 11.1. The summed E-state index contributed by atoms with van der Waals surface area (Å²) >= 11 is 0. The van der Waals surface area contributed by atoms with Crippen LogP contribution in [-0.2, 0) is 6.54 Å². The van der Waals surface area contributed by atoms with Gasteiger partial charge in [0.05, 0.1) is 17.4 Å². The Balaban J connectivity index is 1.86. The van der Waals surface area contributed by atoms with E-state index in [2.05, 4.69) is 15.4 Å². The topological polar surface area (TPSA) is 112 Å². The summed E-state index contributed by atoms with van der Waals surface area (Å²) in [7, 11) is 0. The second-order valence-electron chi connectivity index (χ2n) is 4.07. The first-order valence-electron chi connectivity index (χ1n) is 5.93. The van der Waals surface area contributed by atoms with Crippen LogP contribution in [0.3, 0.4) is 0 Å². The van der Waals surface area contributed by atoms with Crippen molar-refractivity contribution in [1.82, 2.24) is 14.8 Å². The van der Waals surface area contributed by atoms with Crippen LogP contribution in [0.15, 0.2) is 30.7 Å². The fraction of sp³-hybridized carbons (Fsp3) is 0.250. The van der Waals surface area contributed by atoms with Gasteiger partial charge in [-0.05, 0) is 18.6 Å². The second-order valence-corrected chi connectivity index (χ2v) is 4.07. The van der Waals surface area contributed by atoms with Crippen LogP contribution < -0.4 is 16.8 Å². The van der Waals surface area contributed by atoms with Gasteiger partial charge in [-0.15, -0.1) is 0 Å². The van der Waals surface area contributed by atoms with E-state index < -0.39 is 5.91 Å². The number of rotatable bonds is 6. The summed E-state index contributed by atoms with van der Waals surface area (Å²) in [4.78, 5) is 15.2. The second kappa shape index (κ2) is 5.85. The molecule has 0 aliphatic carbocycles. The first kappa shape index (κ1) is 12.9. The molecule has 19 heavy (non-hydrogen) atoms. The molecule has 7 nitrogen and oxygen atoms in total. The average Bonchev–Trinajstić information content (AvgIpc) is 2.89. The van der Waals surface area contributed by atoms with Crippen LogP contribution in [0.25, 0.3) is 0 Å². The molecule has 2 heterocycles. The van der Waals surface area contributed by atoms with E-state index in [0.29, 0.717) is 5.82 Å². The zero-order valence-corrected chi connectivity index (χ0v) is 10.4. The summed E-state index contributed by atoms with van der Waals surface area (Å²) in [6, 6.07) is 3.44. The Morgan fingerprint density at radius 1 is 1.47 bits per heavy atom. The van der Waals surface area contributed by atoms with Crippen molar-refractivity contribution < 1.29 is 4.79 Å². The van der Waals surface area contributed by atoms with Crippen LogP contribution in [0, 0.1) is 0 Å². The van der Waals surface area contributed by atoms with Gasteiger partial charge in [0.1, 0.15) is 5.82 Å². The van der Waals surface area contributed by atoms with Crippen LogP contribution in [0.1, 0.15) is 16.8 Å². The predicted octanol–water partition coefficient (Wildman–Crippen LogP) is 0.461. The van der Waals surface area contributed by atoms with Gasteiger partial charge in [-0.25, -0.2) is 4.98 Å². The molecule has 0 saturated carbocycles. The van der Waals surface area contributed by atoms with Crippen molar-refractivity contribution in [2.24, 2.45) is 5.73 Å². The van der Waals surface area contributed by atoms with Gasteiger partial charge >= 0.3 is 0 Å². The lowest BCUT2D eigenvalue weighted by Crippen LogP contribution is -2.15. The molecule has 0 bridgehead atoms. The lowest BCUT2D eigenvalue weighted by Gasteiger charge is -2.08. The molecule has 2 aromatic heterocycles. The predicted molar refractivity (Wildman–Crippen MR) is 72.5 cm³/mol. The third kappa shape index (κ3) is 3.44. The molecule has 0 aromatic carbocycles. The molecule has 1 amide bonds. The van der Waals surface area contributed by atoms with Crippen LogP contribution in [0.4, 0.5) is 11.5 Å². The molecular weight excluding hydrogens is 244 g/mol. The van der Waals surface area contributed by atoms with Gasteiger partial charge < -0.3 is 16.8 Å². The van der Waals surface area contributed by atoms with E-state index >= 15 is 0 Å². The number of pyridine rings is 1. The minimum Gasteiger partial charge on any atom is -0.397 e. The van der Waals surface area contributed by atoms with Crippen molar-refractivity contribution in [3.05, 3.63) is 36.3 Å². The van der Waals surface area contributed by atoms with E-state index in [1.807, 2.05) is 16.9 Å². The average molecular weight is 260 g/mol. The van der Waals surface area contributed by atoms with Crippen LogP contribution in [0.2, 0.25) is 0 Å². The number of nitrogens with zero attached hydrogens (tertiary/aromatic N) is 3. The van der Waals surface area contributed by atoms with Crippen molar-refractivity contribution >= 4 is 17.4 Å². The van der Waals surface area contributed by atoms with Crippen LogP contribution in [0.5, 0.6) is 0 Å². The fourth-order valence-corrected chi connectivity index (χ4v) is 1.67. The lowest BCUT2D eigenvalue weighted by atomic mass is 10.2. The van der Waals surface area contributed by atoms with Crippen molar-refractivity contribution in [3.63, 3.8) is 0 Å². The highest BCUT2D eigenvalue weighted by Crippen LogP contribution is 2.13. The minimum absolute atomic E-state index is 0.282. The SMILES string of the molecule is NC(=O)c1cc(NCCCn2cccn2)ncc1N. The van der Waals surface area contributed by atoms with E-state index in [4.69, 9.17) is 11.5 Å². The highest BCUT2D eigenvalue weighted by molar-refractivity contribution is 5.98. The smallest absolute Gasteiger partial charge is 0.250 e. The largest absolute Gasteiger partial charge is 0.397 e. The molecule has 0 aliphatic heterocycles. The fourth-order valence-electron chi connectivity index (χ4n) is 1.67. The molecular formula is C12H16N6O. The molecule has 7 heteroatoms. The number of aromatic nitrogens is 3. The molecule has 100 valence electrons. The number of nitrogen functional groups attached to an aromatic ring is 1. The van der Waals surface area contributed by atoms with Gasteiger partial charge in [-0.2, -0.15) is 5.10 Å². The number of aryl methyl sites for hydroxylation is 1. The van der Waals surface area contributed by atoms with E-state index in [1.54, 1.807) is 12.3 Å². The van der Waals surface area contributed by atoms with Crippen LogP contribution in [-0.4, -0.2) is 27.2 Å². The Labute approximate surface area is 110 Å². The Morgan fingerprint density at radius 3 is 3.00 bits per heavy atom. The van der Waals surface area contributed by atoms with E-state index in [0.717, 1.165) is 19.5 Å². The molecule has 0 unspecified atom stereocenters. The molecule has 0 spiro atoms. The normalized spacial score (nSPS) is 10.3. The van der Waals surface area contributed by atoms with Gasteiger partial charge in [0.2, 0.25) is 0 Å². The number of anilines is 2. The Bertz CT molecular complexity index is 551. The van der Waals surface area contributed by atoms with E-state index in [9.17, 15) is 4.79 Å².